The van der Waals surface area contributed by atoms with Crippen LogP contribution in [0.15, 0.2) is 36.5 Å². The molecule has 1 atom stereocenters. The Balaban J connectivity index is 1.83. The van der Waals surface area contributed by atoms with Gasteiger partial charge < -0.3 is 11.1 Å². The van der Waals surface area contributed by atoms with Gasteiger partial charge in [0.25, 0.3) is 5.91 Å². The average molecular weight is 384 g/mol. The fourth-order valence-electron chi connectivity index (χ4n) is 3.41. The van der Waals surface area contributed by atoms with Crippen LogP contribution in [0, 0.1) is 12.7 Å². The number of carbonyl (C=O) groups excluding carboxylic acids is 1. The van der Waals surface area contributed by atoms with Crippen LogP contribution in [0.3, 0.4) is 0 Å². The fraction of sp³-hybridized carbons (Fsp3) is 0.158. The van der Waals surface area contributed by atoms with Gasteiger partial charge in [-0.2, -0.15) is 0 Å². The Bertz CT molecular complexity index is 1070. The quantitative estimate of drug-likeness (QED) is 0.662. The second kappa shape index (κ2) is 6.59. The number of carbonyl (C=O) groups is 1. The largest absolute Gasteiger partial charge is 0.368 e. The number of aromatic nitrogens is 3. The van der Waals surface area contributed by atoms with E-state index in [1.165, 1.54) is 12.1 Å². The molecular weight excluding hydrogens is 369 g/mol. The van der Waals surface area contributed by atoms with Crippen molar-refractivity contribution in [3.63, 3.8) is 0 Å². The molecule has 0 bridgehead atoms. The zero-order valence-electron chi connectivity index (χ0n) is 14.3. The molecule has 1 unspecified atom stereocenters. The molecule has 0 saturated carbocycles. The molecule has 27 heavy (non-hydrogen) atoms. The van der Waals surface area contributed by atoms with Gasteiger partial charge in [0, 0.05) is 18.2 Å². The minimum atomic E-state index is -0.412. The first-order valence-corrected chi connectivity index (χ1v) is 8.66. The minimum Gasteiger partial charge on any atom is -0.368 e. The third-order valence-corrected chi connectivity index (χ3v) is 4.85. The predicted octanol–water partition coefficient (Wildman–Crippen LogP) is 3.25. The maximum atomic E-state index is 14.0. The van der Waals surface area contributed by atoms with Crippen LogP contribution < -0.4 is 11.1 Å². The fourth-order valence-corrected chi connectivity index (χ4v) is 3.63. The number of rotatable bonds is 2. The van der Waals surface area contributed by atoms with E-state index in [1.807, 2.05) is 0 Å². The molecule has 0 radical (unpaired) electrons. The Labute approximate surface area is 159 Å². The van der Waals surface area contributed by atoms with Gasteiger partial charge in [0.1, 0.15) is 11.0 Å². The van der Waals surface area contributed by atoms with Crippen LogP contribution >= 0.6 is 11.6 Å². The first-order valence-electron chi connectivity index (χ1n) is 8.28. The summed E-state index contributed by atoms with van der Waals surface area (Å²) >= 11 is 6.22. The van der Waals surface area contributed by atoms with Crippen molar-refractivity contribution in [1.29, 1.82) is 0 Å². The van der Waals surface area contributed by atoms with Gasteiger partial charge in [-0.15, -0.1) is 0 Å². The molecule has 0 aliphatic carbocycles. The number of anilines is 1. The summed E-state index contributed by atoms with van der Waals surface area (Å²) in [5.41, 5.74) is 9.16. The van der Waals surface area contributed by atoms with Gasteiger partial charge in [0.15, 0.2) is 0 Å². The van der Waals surface area contributed by atoms with E-state index in [0.29, 0.717) is 34.5 Å². The van der Waals surface area contributed by atoms with Crippen molar-refractivity contribution in [2.24, 2.45) is 0 Å². The minimum absolute atomic E-state index is 0.120. The van der Waals surface area contributed by atoms with Crippen LogP contribution in [-0.2, 0) is 6.42 Å². The summed E-state index contributed by atoms with van der Waals surface area (Å²) in [6.45, 7) is 1.72. The Hall–Kier alpha value is -3.06. The third-order valence-electron chi connectivity index (χ3n) is 4.55. The number of benzene rings is 1. The SMILES string of the molecule is Cc1nc(N)nc2c1C(=O)NC(c1ccc(F)cc1-c1cccnc1Cl)C2. The monoisotopic (exact) mass is 383 g/mol. The highest BCUT2D eigenvalue weighted by molar-refractivity contribution is 6.32. The molecule has 1 aliphatic heterocycles. The standard InChI is InChI=1S/C19H15ClFN5O/c1-9-16-15(26-19(22)24-9)8-14(25-18(16)27)11-5-4-10(21)7-13(11)12-3-2-6-23-17(12)20/h2-7,14H,8H2,1H3,(H,25,27)(H2,22,24,26). The van der Waals surface area contributed by atoms with Gasteiger partial charge in [-0.05, 0) is 42.3 Å². The molecule has 3 aromatic rings. The topological polar surface area (TPSA) is 93.8 Å². The number of nitrogens with zero attached hydrogens (tertiary/aromatic N) is 3. The van der Waals surface area contributed by atoms with Crippen molar-refractivity contribution in [3.05, 3.63) is 70.0 Å². The van der Waals surface area contributed by atoms with Gasteiger partial charge in [-0.1, -0.05) is 17.7 Å². The summed E-state index contributed by atoms with van der Waals surface area (Å²) in [6.07, 6.45) is 1.97. The highest BCUT2D eigenvalue weighted by Crippen LogP contribution is 2.36. The van der Waals surface area contributed by atoms with Crippen LogP contribution in [0.2, 0.25) is 5.15 Å². The number of nitrogens with two attached hydrogens (primary N) is 1. The molecule has 2 aromatic heterocycles. The van der Waals surface area contributed by atoms with Crippen LogP contribution in [0.4, 0.5) is 10.3 Å². The average Bonchev–Trinajstić information content (AvgIpc) is 2.61. The Morgan fingerprint density at radius 1 is 1.26 bits per heavy atom. The van der Waals surface area contributed by atoms with Crippen LogP contribution in [0.1, 0.15) is 33.4 Å². The van der Waals surface area contributed by atoms with E-state index in [1.54, 1.807) is 31.3 Å². The molecule has 136 valence electrons. The van der Waals surface area contributed by atoms with Gasteiger partial charge in [0.2, 0.25) is 5.95 Å². The van der Waals surface area contributed by atoms with E-state index in [2.05, 4.69) is 20.3 Å². The summed E-state index contributed by atoms with van der Waals surface area (Å²) in [7, 11) is 0. The van der Waals surface area contributed by atoms with Crippen molar-refractivity contribution in [1.82, 2.24) is 20.3 Å². The lowest BCUT2D eigenvalue weighted by Gasteiger charge is -2.28. The number of halogens is 2. The third kappa shape index (κ3) is 3.10. The van der Waals surface area contributed by atoms with Gasteiger partial charge in [-0.3, -0.25) is 4.79 Å². The number of fused-ring (bicyclic) bond motifs is 1. The lowest BCUT2D eigenvalue weighted by Crippen LogP contribution is -2.37. The maximum Gasteiger partial charge on any atom is 0.255 e. The van der Waals surface area contributed by atoms with Crippen LogP contribution in [0.25, 0.3) is 11.1 Å². The van der Waals surface area contributed by atoms with Crippen LogP contribution in [0.5, 0.6) is 0 Å². The first-order chi connectivity index (χ1) is 12.9. The molecular formula is C19H15ClFN5O. The summed E-state index contributed by atoms with van der Waals surface area (Å²) in [4.78, 5) is 25.0. The lowest BCUT2D eigenvalue weighted by atomic mass is 9.89. The zero-order valence-corrected chi connectivity index (χ0v) is 15.1. The number of hydrogen-bond donors (Lipinski definition) is 2. The maximum absolute atomic E-state index is 14.0. The normalized spacial score (nSPS) is 16.0. The molecule has 0 saturated heterocycles. The van der Waals surface area contributed by atoms with E-state index in [9.17, 15) is 9.18 Å². The molecule has 0 fully saturated rings. The number of amides is 1. The molecule has 0 spiro atoms. The Morgan fingerprint density at radius 2 is 2.07 bits per heavy atom. The van der Waals surface area contributed by atoms with Gasteiger partial charge in [-0.25, -0.2) is 19.3 Å². The highest BCUT2D eigenvalue weighted by Gasteiger charge is 2.30. The molecule has 6 nitrogen and oxygen atoms in total. The number of hydrogen-bond acceptors (Lipinski definition) is 5. The van der Waals surface area contributed by atoms with Crippen molar-refractivity contribution in [3.8, 4) is 11.1 Å². The molecule has 8 heteroatoms. The summed E-state index contributed by atoms with van der Waals surface area (Å²) in [6, 6.07) is 7.45. The second-order valence-electron chi connectivity index (χ2n) is 6.29. The summed E-state index contributed by atoms with van der Waals surface area (Å²) in [5, 5.41) is 3.21. The first kappa shape index (κ1) is 17.4. The smallest absolute Gasteiger partial charge is 0.255 e. The number of nitrogens with one attached hydrogen (secondary N) is 1. The van der Waals surface area contributed by atoms with Crippen molar-refractivity contribution in [2.45, 2.75) is 19.4 Å². The zero-order chi connectivity index (χ0) is 19.1. The van der Waals surface area contributed by atoms with E-state index < -0.39 is 11.9 Å². The van der Waals surface area contributed by atoms with E-state index in [4.69, 9.17) is 17.3 Å². The molecule has 1 aromatic carbocycles. The van der Waals surface area contributed by atoms with Crippen molar-refractivity contribution >= 4 is 23.5 Å². The number of nitrogen functional groups attached to an aromatic ring is 1. The number of aryl methyl sites for hydroxylation is 1. The van der Waals surface area contributed by atoms with E-state index in [-0.39, 0.29) is 17.0 Å². The molecule has 3 heterocycles. The summed E-state index contributed by atoms with van der Waals surface area (Å²) < 4.78 is 14.0. The van der Waals surface area contributed by atoms with Crippen molar-refractivity contribution < 1.29 is 9.18 Å². The molecule has 1 amide bonds. The lowest BCUT2D eigenvalue weighted by molar-refractivity contribution is 0.0922. The molecule has 3 N–H and O–H groups in total. The highest BCUT2D eigenvalue weighted by atomic mass is 35.5. The van der Waals surface area contributed by atoms with E-state index >= 15 is 0 Å². The van der Waals surface area contributed by atoms with Crippen molar-refractivity contribution in [2.75, 3.05) is 5.73 Å². The van der Waals surface area contributed by atoms with Gasteiger partial charge >= 0.3 is 0 Å². The predicted molar refractivity (Wildman–Crippen MR) is 99.7 cm³/mol. The van der Waals surface area contributed by atoms with E-state index in [0.717, 1.165) is 5.56 Å². The molecule has 4 rings (SSSR count). The number of pyridine rings is 1. The van der Waals surface area contributed by atoms with Gasteiger partial charge in [0.05, 0.1) is 23.0 Å². The summed E-state index contributed by atoms with van der Waals surface area (Å²) in [5.74, 6) is -0.570. The molecule has 1 aliphatic rings. The second-order valence-corrected chi connectivity index (χ2v) is 6.65. The Kier molecular flexibility index (Phi) is 4.24. The van der Waals surface area contributed by atoms with Crippen LogP contribution in [-0.4, -0.2) is 20.9 Å². The Morgan fingerprint density at radius 3 is 2.85 bits per heavy atom.